The van der Waals surface area contributed by atoms with Gasteiger partial charge in [0, 0.05) is 18.8 Å². The molecular formula is C12H17BrN4S. The summed E-state index contributed by atoms with van der Waals surface area (Å²) in [6, 6.07) is 0.223. The third-order valence-corrected chi connectivity index (χ3v) is 4.82. The number of thiazole rings is 1. The highest BCUT2D eigenvalue weighted by Crippen LogP contribution is 2.26. The Hall–Kier alpha value is -0.720. The Labute approximate surface area is 120 Å². The highest BCUT2D eigenvalue weighted by atomic mass is 79.9. The number of likely N-dealkylation sites (N-methyl/N-ethyl adjacent to an activating group) is 1. The maximum absolute atomic E-state index is 4.56. The van der Waals surface area contributed by atoms with Gasteiger partial charge in [0.25, 0.3) is 0 Å². The zero-order chi connectivity index (χ0) is 13.3. The molecule has 0 bridgehead atoms. The molecule has 0 spiro atoms. The van der Waals surface area contributed by atoms with Gasteiger partial charge < -0.3 is 5.32 Å². The predicted molar refractivity (Wildman–Crippen MR) is 78.0 cm³/mol. The van der Waals surface area contributed by atoms with Gasteiger partial charge in [0.2, 0.25) is 0 Å². The van der Waals surface area contributed by atoms with E-state index in [2.05, 4.69) is 36.7 Å². The SMILES string of the molecule is CNC(Cc1c(Br)c(C)nn1C)c1csc(C)n1. The molecule has 2 heterocycles. The maximum Gasteiger partial charge on any atom is 0.0898 e. The zero-order valence-electron chi connectivity index (χ0n) is 11.0. The van der Waals surface area contributed by atoms with Crippen molar-refractivity contribution in [2.24, 2.45) is 7.05 Å². The molecule has 0 amide bonds. The first kappa shape index (κ1) is 13.7. The Bertz CT molecular complexity index is 546. The topological polar surface area (TPSA) is 42.7 Å². The van der Waals surface area contributed by atoms with Crippen LogP contribution in [0, 0.1) is 13.8 Å². The van der Waals surface area contributed by atoms with Crippen molar-refractivity contribution in [3.8, 4) is 0 Å². The summed E-state index contributed by atoms with van der Waals surface area (Å²) >= 11 is 5.29. The molecule has 4 nitrogen and oxygen atoms in total. The molecule has 0 fully saturated rings. The molecule has 1 N–H and O–H groups in total. The minimum atomic E-state index is 0.223. The molecule has 0 aromatic carbocycles. The van der Waals surface area contributed by atoms with E-state index in [0.717, 1.165) is 27.3 Å². The zero-order valence-corrected chi connectivity index (χ0v) is 13.4. The van der Waals surface area contributed by atoms with Crippen molar-refractivity contribution >= 4 is 27.3 Å². The number of nitrogens with one attached hydrogen (secondary N) is 1. The second kappa shape index (κ2) is 5.50. The predicted octanol–water partition coefficient (Wildman–Crippen LogP) is 2.76. The van der Waals surface area contributed by atoms with Crippen molar-refractivity contribution in [1.29, 1.82) is 0 Å². The number of nitrogens with zero attached hydrogens (tertiary/aromatic N) is 3. The molecule has 2 rings (SSSR count). The van der Waals surface area contributed by atoms with Crippen LogP contribution in [-0.4, -0.2) is 21.8 Å². The first-order valence-electron chi connectivity index (χ1n) is 5.80. The fourth-order valence-corrected chi connectivity index (χ4v) is 3.15. The van der Waals surface area contributed by atoms with Gasteiger partial charge in [-0.1, -0.05) is 0 Å². The molecule has 6 heteroatoms. The van der Waals surface area contributed by atoms with Gasteiger partial charge in [-0.3, -0.25) is 4.68 Å². The van der Waals surface area contributed by atoms with E-state index in [1.54, 1.807) is 11.3 Å². The average Bonchev–Trinajstić information content (AvgIpc) is 2.84. The van der Waals surface area contributed by atoms with Gasteiger partial charge in [0.05, 0.1) is 32.6 Å². The van der Waals surface area contributed by atoms with Crippen molar-refractivity contribution in [2.75, 3.05) is 7.05 Å². The van der Waals surface area contributed by atoms with E-state index in [1.165, 1.54) is 5.69 Å². The van der Waals surface area contributed by atoms with Crippen LogP contribution in [0.3, 0.4) is 0 Å². The summed E-state index contributed by atoms with van der Waals surface area (Å²) < 4.78 is 3.03. The fourth-order valence-electron chi connectivity index (χ4n) is 1.99. The second-order valence-corrected chi connectivity index (χ2v) is 6.16. The van der Waals surface area contributed by atoms with Crippen molar-refractivity contribution in [3.05, 3.63) is 31.9 Å². The average molecular weight is 329 g/mol. The number of aryl methyl sites for hydroxylation is 3. The second-order valence-electron chi connectivity index (χ2n) is 4.31. The molecule has 98 valence electrons. The Morgan fingerprint density at radius 2 is 2.22 bits per heavy atom. The summed E-state index contributed by atoms with van der Waals surface area (Å²) in [5.74, 6) is 0. The molecule has 0 saturated carbocycles. The molecule has 0 aliphatic heterocycles. The summed E-state index contributed by atoms with van der Waals surface area (Å²) in [6.45, 7) is 4.04. The molecule has 2 aromatic rings. The van der Waals surface area contributed by atoms with Gasteiger partial charge in [-0.25, -0.2) is 4.98 Å². The van der Waals surface area contributed by atoms with E-state index in [1.807, 2.05) is 32.6 Å². The smallest absolute Gasteiger partial charge is 0.0898 e. The molecule has 0 aliphatic carbocycles. The fraction of sp³-hybridized carbons (Fsp3) is 0.500. The van der Waals surface area contributed by atoms with E-state index < -0.39 is 0 Å². The third kappa shape index (κ3) is 2.65. The van der Waals surface area contributed by atoms with Crippen LogP contribution in [0.5, 0.6) is 0 Å². The van der Waals surface area contributed by atoms with E-state index in [0.29, 0.717) is 0 Å². The molecule has 2 aromatic heterocycles. The summed E-state index contributed by atoms with van der Waals surface area (Å²) in [6.07, 6.45) is 0.873. The maximum atomic E-state index is 4.56. The van der Waals surface area contributed by atoms with Crippen LogP contribution in [0.1, 0.15) is 28.1 Å². The van der Waals surface area contributed by atoms with E-state index in [9.17, 15) is 0 Å². The number of hydrogen-bond donors (Lipinski definition) is 1. The minimum Gasteiger partial charge on any atom is -0.311 e. The first-order chi connectivity index (χ1) is 8.52. The van der Waals surface area contributed by atoms with Crippen LogP contribution >= 0.6 is 27.3 Å². The number of rotatable bonds is 4. The largest absolute Gasteiger partial charge is 0.311 e. The van der Waals surface area contributed by atoms with Crippen LogP contribution in [-0.2, 0) is 13.5 Å². The van der Waals surface area contributed by atoms with E-state index in [4.69, 9.17) is 0 Å². The lowest BCUT2D eigenvalue weighted by Gasteiger charge is -2.14. The van der Waals surface area contributed by atoms with Gasteiger partial charge >= 0.3 is 0 Å². The molecule has 0 saturated heterocycles. The van der Waals surface area contributed by atoms with Crippen molar-refractivity contribution < 1.29 is 0 Å². The Morgan fingerprint density at radius 3 is 2.67 bits per heavy atom. The third-order valence-electron chi connectivity index (χ3n) is 3.00. The quantitative estimate of drug-likeness (QED) is 0.938. The van der Waals surface area contributed by atoms with Gasteiger partial charge in [-0.15, -0.1) is 11.3 Å². The standard InChI is InChI=1S/C12H17BrN4S/c1-7-12(13)11(17(4)16-7)5-9(14-3)10-6-18-8(2)15-10/h6,9,14H,5H2,1-4H3. The number of hydrogen-bond acceptors (Lipinski definition) is 4. The van der Waals surface area contributed by atoms with Gasteiger partial charge in [-0.05, 0) is 36.8 Å². The van der Waals surface area contributed by atoms with Crippen LogP contribution in [0.25, 0.3) is 0 Å². The Balaban J connectivity index is 2.25. The molecule has 1 unspecified atom stereocenters. The van der Waals surface area contributed by atoms with Gasteiger partial charge in [0.1, 0.15) is 0 Å². The van der Waals surface area contributed by atoms with Gasteiger partial charge in [0.15, 0.2) is 0 Å². The Kier molecular flexibility index (Phi) is 4.19. The highest BCUT2D eigenvalue weighted by Gasteiger charge is 2.18. The van der Waals surface area contributed by atoms with Gasteiger partial charge in [-0.2, -0.15) is 5.10 Å². The van der Waals surface area contributed by atoms with E-state index in [-0.39, 0.29) is 6.04 Å². The molecule has 1 atom stereocenters. The molecule has 0 radical (unpaired) electrons. The summed E-state index contributed by atoms with van der Waals surface area (Å²) in [5.41, 5.74) is 3.32. The number of halogens is 1. The molecule has 0 aliphatic rings. The minimum absolute atomic E-state index is 0.223. The normalized spacial score (nSPS) is 12.9. The number of aromatic nitrogens is 3. The van der Waals surface area contributed by atoms with Crippen LogP contribution in [0.4, 0.5) is 0 Å². The lowest BCUT2D eigenvalue weighted by atomic mass is 10.1. The molecular weight excluding hydrogens is 312 g/mol. The van der Waals surface area contributed by atoms with Crippen LogP contribution in [0.2, 0.25) is 0 Å². The summed E-state index contributed by atoms with van der Waals surface area (Å²) in [4.78, 5) is 4.56. The van der Waals surface area contributed by atoms with Crippen molar-refractivity contribution in [3.63, 3.8) is 0 Å². The van der Waals surface area contributed by atoms with Crippen molar-refractivity contribution in [1.82, 2.24) is 20.1 Å². The van der Waals surface area contributed by atoms with E-state index >= 15 is 0 Å². The summed E-state index contributed by atoms with van der Waals surface area (Å²) in [5, 5.41) is 11.0. The molecule has 18 heavy (non-hydrogen) atoms. The lowest BCUT2D eigenvalue weighted by molar-refractivity contribution is 0.549. The highest BCUT2D eigenvalue weighted by molar-refractivity contribution is 9.10. The first-order valence-corrected chi connectivity index (χ1v) is 7.47. The van der Waals surface area contributed by atoms with Crippen LogP contribution < -0.4 is 5.32 Å². The summed E-state index contributed by atoms with van der Waals surface area (Å²) in [7, 11) is 3.95. The monoisotopic (exact) mass is 328 g/mol. The lowest BCUT2D eigenvalue weighted by Crippen LogP contribution is -2.20. The van der Waals surface area contributed by atoms with Crippen molar-refractivity contribution in [2.45, 2.75) is 26.3 Å². The van der Waals surface area contributed by atoms with Crippen LogP contribution in [0.15, 0.2) is 9.85 Å². The Morgan fingerprint density at radius 1 is 1.50 bits per heavy atom.